The van der Waals surface area contributed by atoms with Crippen LogP contribution in [0.5, 0.6) is 5.75 Å². The average molecular weight is 553 g/mol. The van der Waals surface area contributed by atoms with Crippen LogP contribution >= 0.6 is 0 Å². The van der Waals surface area contributed by atoms with Crippen LogP contribution in [0.2, 0.25) is 0 Å². The minimum absolute atomic E-state index is 0.0000758. The Morgan fingerprint density at radius 1 is 1.27 bits per heavy atom. The number of aliphatic hydroxyl groups is 1. The third-order valence-electron chi connectivity index (χ3n) is 6.22. The lowest BCUT2D eigenvalue weighted by Gasteiger charge is -2.37. The predicted octanol–water partition coefficient (Wildman–Crippen LogP) is 3.07. The number of rotatable bonds is 7. The van der Waals surface area contributed by atoms with E-state index in [-0.39, 0.29) is 35.2 Å². The molecule has 0 spiro atoms. The SMILES string of the molecule is CCCC#Cc1ccc2c(c1)O[C@H](CN(C)S(=O)(=O)c1cccc(F)c1)[C@@H](C)CN([C@H](C)CO)S2(=O)=O. The van der Waals surface area contributed by atoms with Gasteiger partial charge in [0.05, 0.1) is 18.0 Å². The molecular formula is C26H33FN2O6S2. The molecule has 3 rings (SSSR count). The lowest BCUT2D eigenvalue weighted by Crippen LogP contribution is -2.50. The summed E-state index contributed by atoms with van der Waals surface area (Å²) in [5.74, 6) is 4.95. The van der Waals surface area contributed by atoms with Crippen molar-refractivity contribution < 1.29 is 31.1 Å². The lowest BCUT2D eigenvalue weighted by molar-refractivity contribution is 0.0904. The van der Waals surface area contributed by atoms with Crippen LogP contribution in [0, 0.1) is 23.6 Å². The molecule has 37 heavy (non-hydrogen) atoms. The van der Waals surface area contributed by atoms with Crippen molar-refractivity contribution >= 4 is 20.0 Å². The molecule has 202 valence electrons. The summed E-state index contributed by atoms with van der Waals surface area (Å²) in [6.07, 6.45) is 0.804. The molecule has 0 bridgehead atoms. The summed E-state index contributed by atoms with van der Waals surface area (Å²) >= 11 is 0. The quantitative estimate of drug-likeness (QED) is 0.530. The number of hydrogen-bond donors (Lipinski definition) is 1. The van der Waals surface area contributed by atoms with Gasteiger partial charge in [-0.3, -0.25) is 0 Å². The van der Waals surface area contributed by atoms with Crippen LogP contribution in [0.4, 0.5) is 4.39 Å². The summed E-state index contributed by atoms with van der Waals surface area (Å²) < 4.78 is 75.6. The van der Waals surface area contributed by atoms with Crippen molar-refractivity contribution in [3.05, 3.63) is 53.8 Å². The monoisotopic (exact) mass is 552 g/mol. The van der Waals surface area contributed by atoms with Crippen molar-refractivity contribution in [2.24, 2.45) is 5.92 Å². The molecule has 0 aromatic heterocycles. The number of likely N-dealkylation sites (N-methyl/N-ethyl adjacent to an activating group) is 1. The van der Waals surface area contributed by atoms with Crippen molar-refractivity contribution in [3.8, 4) is 17.6 Å². The maximum Gasteiger partial charge on any atom is 0.247 e. The lowest BCUT2D eigenvalue weighted by atomic mass is 10.0. The van der Waals surface area contributed by atoms with Gasteiger partial charge in [0.15, 0.2) is 0 Å². The largest absolute Gasteiger partial charge is 0.487 e. The van der Waals surface area contributed by atoms with E-state index in [2.05, 4.69) is 11.8 Å². The van der Waals surface area contributed by atoms with E-state index in [9.17, 15) is 26.3 Å². The summed E-state index contributed by atoms with van der Waals surface area (Å²) in [5.41, 5.74) is 0.567. The minimum atomic E-state index is -4.04. The standard InChI is InChI=1S/C26H33FN2O6S2/c1-5-6-7-9-21-12-13-26-24(14-21)35-25(19(2)16-29(20(3)18-30)37(26,33)34)17-28(4)36(31,32)23-11-8-10-22(27)15-23/h8,10-15,19-20,25,30H,5-6,16-18H2,1-4H3/t19-,20+,25+/m0/s1. The average Bonchev–Trinajstić information content (AvgIpc) is 2.85. The van der Waals surface area contributed by atoms with E-state index in [1.165, 1.54) is 29.6 Å². The zero-order valence-corrected chi connectivity index (χ0v) is 23.0. The van der Waals surface area contributed by atoms with Gasteiger partial charge in [0.1, 0.15) is 22.6 Å². The molecular weight excluding hydrogens is 519 g/mol. The smallest absolute Gasteiger partial charge is 0.247 e. The fourth-order valence-electron chi connectivity index (χ4n) is 3.97. The van der Waals surface area contributed by atoms with Gasteiger partial charge in [0.2, 0.25) is 20.0 Å². The van der Waals surface area contributed by atoms with Crippen LogP contribution in [0.1, 0.15) is 39.2 Å². The van der Waals surface area contributed by atoms with Gasteiger partial charge in [-0.15, -0.1) is 0 Å². The Balaban J connectivity index is 2.05. The Bertz CT molecular complexity index is 1390. The molecule has 1 N–H and O–H groups in total. The maximum atomic E-state index is 13.7. The third-order valence-corrected chi connectivity index (χ3v) is 10.1. The number of hydrogen-bond acceptors (Lipinski definition) is 6. The Hall–Kier alpha value is -2.49. The predicted molar refractivity (Wildman–Crippen MR) is 138 cm³/mol. The van der Waals surface area contributed by atoms with Crippen LogP contribution in [-0.2, 0) is 20.0 Å². The Morgan fingerprint density at radius 3 is 2.65 bits per heavy atom. The summed E-state index contributed by atoms with van der Waals surface area (Å²) in [4.78, 5) is -0.276. The van der Waals surface area contributed by atoms with Gasteiger partial charge in [-0.1, -0.05) is 31.8 Å². The number of nitrogens with zero attached hydrogens (tertiary/aromatic N) is 2. The van der Waals surface area contributed by atoms with E-state index in [0.29, 0.717) is 12.0 Å². The zero-order chi connectivity index (χ0) is 27.4. The molecule has 3 atom stereocenters. The van der Waals surface area contributed by atoms with Crippen molar-refractivity contribution in [1.29, 1.82) is 0 Å². The topological polar surface area (TPSA) is 104 Å². The zero-order valence-electron chi connectivity index (χ0n) is 21.4. The van der Waals surface area contributed by atoms with E-state index in [4.69, 9.17) is 4.74 Å². The van der Waals surface area contributed by atoms with Crippen LogP contribution in [0.25, 0.3) is 0 Å². The molecule has 0 saturated heterocycles. The van der Waals surface area contributed by atoms with Gasteiger partial charge in [-0.25, -0.2) is 21.2 Å². The van der Waals surface area contributed by atoms with Crippen molar-refractivity contribution in [2.75, 3.05) is 26.7 Å². The highest BCUT2D eigenvalue weighted by Crippen LogP contribution is 2.34. The highest BCUT2D eigenvalue weighted by Gasteiger charge is 2.39. The molecule has 8 nitrogen and oxygen atoms in total. The van der Waals surface area contributed by atoms with Crippen LogP contribution in [-0.4, -0.2) is 69.4 Å². The number of sulfonamides is 2. The highest BCUT2D eigenvalue weighted by molar-refractivity contribution is 7.89. The van der Waals surface area contributed by atoms with Gasteiger partial charge < -0.3 is 9.84 Å². The molecule has 0 amide bonds. The van der Waals surface area contributed by atoms with Crippen LogP contribution in [0.3, 0.4) is 0 Å². The fraction of sp³-hybridized carbons (Fsp3) is 0.462. The van der Waals surface area contributed by atoms with Gasteiger partial charge in [-0.05, 0) is 49.7 Å². The molecule has 0 fully saturated rings. The van der Waals surface area contributed by atoms with Crippen LogP contribution < -0.4 is 4.74 Å². The normalized spacial score (nSPS) is 20.6. The first-order chi connectivity index (χ1) is 17.4. The van der Waals surface area contributed by atoms with E-state index in [1.807, 2.05) is 6.92 Å². The molecule has 1 heterocycles. The summed E-state index contributed by atoms with van der Waals surface area (Å²) in [6, 6.07) is 8.60. The van der Waals surface area contributed by atoms with Gasteiger partial charge in [0, 0.05) is 37.5 Å². The first-order valence-corrected chi connectivity index (χ1v) is 14.9. The van der Waals surface area contributed by atoms with E-state index in [0.717, 1.165) is 22.9 Å². The maximum absolute atomic E-state index is 13.7. The molecule has 0 unspecified atom stereocenters. The number of halogens is 1. The highest BCUT2D eigenvalue weighted by atomic mass is 32.2. The molecule has 0 saturated carbocycles. The van der Waals surface area contributed by atoms with Gasteiger partial charge in [-0.2, -0.15) is 8.61 Å². The summed E-state index contributed by atoms with van der Waals surface area (Å²) in [6.45, 7) is 4.86. The number of ether oxygens (including phenoxy) is 1. The molecule has 2 aromatic rings. The minimum Gasteiger partial charge on any atom is -0.487 e. The molecule has 1 aliphatic heterocycles. The van der Waals surface area contributed by atoms with Crippen molar-refractivity contribution in [2.45, 2.75) is 55.5 Å². The second-order valence-corrected chi connectivity index (χ2v) is 13.1. The molecule has 11 heteroatoms. The first-order valence-electron chi connectivity index (χ1n) is 12.1. The second-order valence-electron chi connectivity index (χ2n) is 9.20. The van der Waals surface area contributed by atoms with Gasteiger partial charge >= 0.3 is 0 Å². The number of benzene rings is 2. The third kappa shape index (κ3) is 6.51. The summed E-state index contributed by atoms with van der Waals surface area (Å²) in [5, 5.41) is 9.77. The second kappa shape index (κ2) is 11.9. The van der Waals surface area contributed by atoms with E-state index in [1.54, 1.807) is 26.0 Å². The Morgan fingerprint density at radius 2 is 2.00 bits per heavy atom. The van der Waals surface area contributed by atoms with Crippen molar-refractivity contribution in [1.82, 2.24) is 8.61 Å². The molecule has 1 aliphatic rings. The molecule has 2 aromatic carbocycles. The van der Waals surface area contributed by atoms with E-state index < -0.39 is 43.9 Å². The summed E-state index contributed by atoms with van der Waals surface area (Å²) in [7, 11) is -6.71. The van der Waals surface area contributed by atoms with Crippen LogP contribution in [0.15, 0.2) is 52.3 Å². The number of unbranched alkanes of at least 4 members (excludes halogenated alkanes) is 1. The number of aliphatic hydroxyl groups excluding tert-OH is 1. The van der Waals surface area contributed by atoms with Gasteiger partial charge in [0.25, 0.3) is 0 Å². The van der Waals surface area contributed by atoms with Crippen molar-refractivity contribution in [3.63, 3.8) is 0 Å². The van der Waals surface area contributed by atoms with E-state index >= 15 is 0 Å². The Kier molecular flexibility index (Phi) is 9.37. The molecule has 0 aliphatic carbocycles. The first kappa shape index (κ1) is 29.1. The molecule has 0 radical (unpaired) electrons. The number of fused-ring (bicyclic) bond motifs is 1. The Labute approximate surface area is 219 Å². The fourth-order valence-corrected chi connectivity index (χ4v) is 7.01.